The van der Waals surface area contributed by atoms with Crippen molar-refractivity contribution in [1.82, 2.24) is 0 Å². The molecule has 33 heavy (non-hydrogen) atoms. The summed E-state index contributed by atoms with van der Waals surface area (Å²) in [5.41, 5.74) is 1.97. The van der Waals surface area contributed by atoms with Crippen LogP contribution in [-0.2, 0) is 9.59 Å². The Morgan fingerprint density at radius 1 is 0.909 bits per heavy atom. The summed E-state index contributed by atoms with van der Waals surface area (Å²) >= 11 is 0. The van der Waals surface area contributed by atoms with Gasteiger partial charge in [-0.3, -0.25) is 19.3 Å². The van der Waals surface area contributed by atoms with Crippen LogP contribution < -0.4 is 25.0 Å². The third-order valence-electron chi connectivity index (χ3n) is 5.34. The van der Waals surface area contributed by atoms with Crippen molar-refractivity contribution in [2.75, 3.05) is 29.8 Å². The molecule has 0 radical (unpaired) electrons. The van der Waals surface area contributed by atoms with Gasteiger partial charge in [-0.15, -0.1) is 0 Å². The maximum Gasteiger partial charge on any atom is 0.259 e. The molecule has 1 aliphatic rings. The summed E-state index contributed by atoms with van der Waals surface area (Å²) in [5, 5.41) is 5.57. The second-order valence-corrected chi connectivity index (χ2v) is 7.41. The summed E-state index contributed by atoms with van der Waals surface area (Å²) in [6.45, 7) is 0. The van der Waals surface area contributed by atoms with E-state index in [1.54, 1.807) is 87.0 Å². The number of anilines is 3. The van der Waals surface area contributed by atoms with Crippen molar-refractivity contribution < 1.29 is 23.9 Å². The summed E-state index contributed by atoms with van der Waals surface area (Å²) in [7, 11) is 3.10. The Morgan fingerprint density at radius 2 is 1.52 bits per heavy atom. The van der Waals surface area contributed by atoms with E-state index in [4.69, 9.17) is 9.47 Å². The van der Waals surface area contributed by atoms with Gasteiger partial charge in [-0.05, 0) is 60.7 Å². The molecule has 0 aliphatic carbocycles. The molecule has 8 nitrogen and oxygen atoms in total. The van der Waals surface area contributed by atoms with Gasteiger partial charge in [0, 0.05) is 11.3 Å². The highest BCUT2D eigenvalue weighted by Crippen LogP contribution is 2.34. The number of para-hydroxylation sites is 2. The van der Waals surface area contributed by atoms with E-state index in [0.717, 1.165) is 0 Å². The van der Waals surface area contributed by atoms with Crippen molar-refractivity contribution >= 4 is 34.8 Å². The Morgan fingerprint density at radius 3 is 2.15 bits per heavy atom. The highest BCUT2D eigenvalue weighted by atomic mass is 16.5. The van der Waals surface area contributed by atoms with Crippen molar-refractivity contribution in [3.05, 3.63) is 78.4 Å². The molecule has 0 spiro atoms. The average Bonchev–Trinajstić information content (AvgIpc) is 2.84. The molecule has 1 atom stereocenters. The van der Waals surface area contributed by atoms with E-state index in [-0.39, 0.29) is 12.3 Å². The molecule has 1 unspecified atom stereocenters. The van der Waals surface area contributed by atoms with Gasteiger partial charge >= 0.3 is 0 Å². The first-order valence-electron chi connectivity index (χ1n) is 10.3. The van der Waals surface area contributed by atoms with Crippen LogP contribution >= 0.6 is 0 Å². The average molecular weight is 445 g/mol. The fourth-order valence-electron chi connectivity index (χ4n) is 3.66. The molecule has 4 rings (SSSR count). The molecular weight excluding hydrogens is 422 g/mol. The molecule has 0 bridgehead atoms. The van der Waals surface area contributed by atoms with Crippen LogP contribution in [0, 0.1) is 0 Å². The lowest BCUT2D eigenvalue weighted by atomic mass is 10.0. The number of benzene rings is 3. The quantitative estimate of drug-likeness (QED) is 0.603. The van der Waals surface area contributed by atoms with E-state index in [9.17, 15) is 14.4 Å². The lowest BCUT2D eigenvalue weighted by Crippen LogP contribution is -2.52. The molecule has 0 aromatic heterocycles. The summed E-state index contributed by atoms with van der Waals surface area (Å²) in [6.07, 6.45) is -0.214. The van der Waals surface area contributed by atoms with Gasteiger partial charge in [0.05, 0.1) is 32.0 Å². The van der Waals surface area contributed by atoms with Crippen LogP contribution in [0.25, 0.3) is 0 Å². The monoisotopic (exact) mass is 445 g/mol. The van der Waals surface area contributed by atoms with E-state index in [1.165, 1.54) is 4.90 Å². The zero-order valence-corrected chi connectivity index (χ0v) is 18.2. The van der Waals surface area contributed by atoms with Crippen LogP contribution in [-0.4, -0.2) is 38.0 Å². The molecule has 8 heteroatoms. The summed E-state index contributed by atoms with van der Waals surface area (Å²) < 4.78 is 10.3. The van der Waals surface area contributed by atoms with Gasteiger partial charge in [-0.25, -0.2) is 0 Å². The van der Waals surface area contributed by atoms with Crippen LogP contribution in [0.1, 0.15) is 16.8 Å². The molecule has 1 heterocycles. The Kier molecular flexibility index (Phi) is 6.26. The fraction of sp³-hybridized carbons (Fsp3) is 0.160. The summed E-state index contributed by atoms with van der Waals surface area (Å²) in [5.74, 6) is 0.0566. The minimum atomic E-state index is -1.02. The highest BCUT2D eigenvalue weighted by molar-refractivity contribution is 6.17. The SMILES string of the molecule is COc1ccc(NC(=O)CC2C(=O)Nc3ccccc3N2C(=O)c2ccc(OC)cc2)cc1. The molecule has 1 aliphatic heterocycles. The van der Waals surface area contributed by atoms with Gasteiger partial charge < -0.3 is 20.1 Å². The van der Waals surface area contributed by atoms with E-state index in [1.807, 2.05) is 0 Å². The second kappa shape index (κ2) is 9.44. The van der Waals surface area contributed by atoms with Gasteiger partial charge in [-0.1, -0.05) is 12.1 Å². The van der Waals surface area contributed by atoms with Crippen LogP contribution in [0.2, 0.25) is 0 Å². The smallest absolute Gasteiger partial charge is 0.259 e. The van der Waals surface area contributed by atoms with Crippen molar-refractivity contribution in [2.45, 2.75) is 12.5 Å². The minimum absolute atomic E-state index is 0.214. The Hall–Kier alpha value is -4.33. The summed E-state index contributed by atoms with van der Waals surface area (Å²) in [4.78, 5) is 40.6. The standard InChI is InChI=1S/C25H23N3O5/c1-32-18-11-7-16(8-12-18)25(31)28-21-6-4-3-5-20(21)27-24(30)22(28)15-23(29)26-17-9-13-19(33-2)14-10-17/h3-14,22H,15H2,1-2H3,(H,26,29)(H,27,30). The van der Waals surface area contributed by atoms with Crippen LogP contribution in [0.5, 0.6) is 11.5 Å². The molecule has 2 N–H and O–H groups in total. The van der Waals surface area contributed by atoms with Gasteiger partial charge in [0.1, 0.15) is 17.5 Å². The van der Waals surface area contributed by atoms with E-state index >= 15 is 0 Å². The molecule has 0 saturated heterocycles. The number of carbonyl (C=O) groups excluding carboxylic acids is 3. The lowest BCUT2D eigenvalue weighted by Gasteiger charge is -2.36. The number of hydrogen-bond donors (Lipinski definition) is 2. The minimum Gasteiger partial charge on any atom is -0.497 e. The van der Waals surface area contributed by atoms with Gasteiger partial charge in [0.2, 0.25) is 11.8 Å². The molecule has 168 valence electrons. The van der Waals surface area contributed by atoms with Crippen molar-refractivity contribution in [3.63, 3.8) is 0 Å². The predicted octanol–water partition coefficient (Wildman–Crippen LogP) is 3.70. The van der Waals surface area contributed by atoms with Crippen molar-refractivity contribution in [2.24, 2.45) is 0 Å². The molecule has 3 aromatic carbocycles. The number of nitrogens with zero attached hydrogens (tertiary/aromatic N) is 1. The maximum atomic E-state index is 13.5. The number of amides is 3. The van der Waals surface area contributed by atoms with Gasteiger partial charge in [0.25, 0.3) is 5.91 Å². The van der Waals surface area contributed by atoms with Crippen LogP contribution in [0.3, 0.4) is 0 Å². The Bertz CT molecular complexity index is 1180. The maximum absolute atomic E-state index is 13.5. The zero-order chi connectivity index (χ0) is 23.4. The first kappa shape index (κ1) is 21.9. The van der Waals surface area contributed by atoms with Crippen molar-refractivity contribution in [3.8, 4) is 11.5 Å². The molecular formula is C25H23N3O5. The number of methoxy groups -OCH3 is 2. The third-order valence-corrected chi connectivity index (χ3v) is 5.34. The molecule has 3 aromatic rings. The van der Waals surface area contributed by atoms with E-state index in [0.29, 0.717) is 34.1 Å². The van der Waals surface area contributed by atoms with Crippen LogP contribution in [0.4, 0.5) is 17.1 Å². The normalized spacial score (nSPS) is 14.7. The van der Waals surface area contributed by atoms with Crippen LogP contribution in [0.15, 0.2) is 72.8 Å². The Balaban J connectivity index is 1.61. The predicted molar refractivity (Wildman–Crippen MR) is 125 cm³/mol. The van der Waals surface area contributed by atoms with Crippen molar-refractivity contribution in [1.29, 1.82) is 0 Å². The molecule has 0 fully saturated rings. The summed E-state index contributed by atoms with van der Waals surface area (Å²) in [6, 6.07) is 19.4. The molecule has 0 saturated carbocycles. The number of fused-ring (bicyclic) bond motifs is 1. The number of hydrogen-bond acceptors (Lipinski definition) is 5. The second-order valence-electron chi connectivity index (χ2n) is 7.41. The first-order valence-corrected chi connectivity index (χ1v) is 10.3. The first-order chi connectivity index (χ1) is 16.0. The van der Waals surface area contributed by atoms with Gasteiger partial charge in [0.15, 0.2) is 0 Å². The third kappa shape index (κ3) is 4.64. The zero-order valence-electron chi connectivity index (χ0n) is 18.2. The highest BCUT2D eigenvalue weighted by Gasteiger charge is 2.38. The number of ether oxygens (including phenoxy) is 2. The topological polar surface area (TPSA) is 97.0 Å². The van der Waals surface area contributed by atoms with Gasteiger partial charge in [-0.2, -0.15) is 0 Å². The van der Waals surface area contributed by atoms with E-state index in [2.05, 4.69) is 10.6 Å². The lowest BCUT2D eigenvalue weighted by molar-refractivity contribution is -0.122. The number of carbonyl (C=O) groups is 3. The number of rotatable bonds is 6. The number of nitrogens with one attached hydrogen (secondary N) is 2. The Labute approximate surface area is 191 Å². The fourth-order valence-corrected chi connectivity index (χ4v) is 3.66. The molecule has 3 amide bonds. The van der Waals surface area contributed by atoms with E-state index < -0.39 is 17.9 Å². The largest absolute Gasteiger partial charge is 0.497 e.